The summed E-state index contributed by atoms with van der Waals surface area (Å²) in [6.07, 6.45) is 0. The number of hydrogen-bond acceptors (Lipinski definition) is 3. The van der Waals surface area contributed by atoms with Crippen LogP contribution in [-0.2, 0) is 0 Å². The third kappa shape index (κ3) is 3.22. The number of anilines is 1. The number of hydrogen-bond donors (Lipinski definition) is 1. The molecule has 0 aromatic heterocycles. The topological polar surface area (TPSA) is 72.2 Å². The van der Waals surface area contributed by atoms with Gasteiger partial charge >= 0.3 is 0 Å². The van der Waals surface area contributed by atoms with E-state index < -0.39 is 28.2 Å². The largest absolute Gasteiger partial charge is 0.316 e. The van der Waals surface area contributed by atoms with Crippen molar-refractivity contribution in [2.45, 2.75) is 0 Å². The highest BCUT2D eigenvalue weighted by Crippen LogP contribution is 2.26. The van der Waals surface area contributed by atoms with Gasteiger partial charge in [-0.05, 0) is 40.2 Å². The van der Waals surface area contributed by atoms with Crippen LogP contribution in [0.25, 0.3) is 0 Å². The summed E-state index contributed by atoms with van der Waals surface area (Å²) >= 11 is 2.93. The summed E-state index contributed by atoms with van der Waals surface area (Å²) in [7, 11) is 0. The van der Waals surface area contributed by atoms with Crippen LogP contribution in [-0.4, -0.2) is 10.8 Å². The van der Waals surface area contributed by atoms with Crippen molar-refractivity contribution in [1.29, 1.82) is 0 Å². The van der Waals surface area contributed by atoms with Crippen LogP contribution in [0.4, 0.5) is 20.2 Å². The monoisotopic (exact) mass is 356 g/mol. The Morgan fingerprint density at radius 2 is 1.95 bits per heavy atom. The van der Waals surface area contributed by atoms with E-state index in [-0.39, 0.29) is 15.7 Å². The van der Waals surface area contributed by atoms with Crippen LogP contribution in [0.1, 0.15) is 10.4 Å². The van der Waals surface area contributed by atoms with Crippen molar-refractivity contribution in [3.63, 3.8) is 0 Å². The van der Waals surface area contributed by atoms with Crippen molar-refractivity contribution in [3.05, 3.63) is 68.2 Å². The zero-order chi connectivity index (χ0) is 15.6. The molecule has 0 aliphatic carbocycles. The average molecular weight is 357 g/mol. The van der Waals surface area contributed by atoms with Crippen LogP contribution in [0.15, 0.2) is 40.9 Å². The first-order chi connectivity index (χ1) is 9.90. The van der Waals surface area contributed by atoms with Gasteiger partial charge in [0.15, 0.2) is 0 Å². The van der Waals surface area contributed by atoms with Gasteiger partial charge < -0.3 is 5.32 Å². The first-order valence-electron chi connectivity index (χ1n) is 5.59. The molecule has 0 fully saturated rings. The highest BCUT2D eigenvalue weighted by Gasteiger charge is 2.20. The zero-order valence-corrected chi connectivity index (χ0v) is 11.9. The van der Waals surface area contributed by atoms with E-state index in [9.17, 15) is 23.7 Å². The summed E-state index contributed by atoms with van der Waals surface area (Å²) in [5.41, 5.74) is -1.12. The fourth-order valence-electron chi connectivity index (χ4n) is 1.63. The predicted molar refractivity (Wildman–Crippen MR) is 75.1 cm³/mol. The molecule has 0 saturated carbocycles. The van der Waals surface area contributed by atoms with Gasteiger partial charge in [0, 0.05) is 0 Å². The Morgan fingerprint density at radius 1 is 1.24 bits per heavy atom. The van der Waals surface area contributed by atoms with E-state index in [1.165, 1.54) is 18.2 Å². The minimum Gasteiger partial charge on any atom is -0.316 e. The van der Waals surface area contributed by atoms with Crippen molar-refractivity contribution in [2.75, 3.05) is 5.32 Å². The van der Waals surface area contributed by atoms with Crippen molar-refractivity contribution in [3.8, 4) is 0 Å². The molecule has 0 heterocycles. The third-order valence-electron chi connectivity index (χ3n) is 2.60. The SMILES string of the molecule is O=C(Nc1ccc(F)cc1[N+](=O)[O-])c1cccc(Br)c1F. The van der Waals surface area contributed by atoms with Gasteiger partial charge in [-0.3, -0.25) is 14.9 Å². The molecular formula is C13H7BrF2N2O3. The van der Waals surface area contributed by atoms with Crippen molar-refractivity contribution >= 4 is 33.2 Å². The fraction of sp³-hybridized carbons (Fsp3) is 0. The Morgan fingerprint density at radius 3 is 2.62 bits per heavy atom. The Labute approximate surface area is 125 Å². The molecule has 0 spiro atoms. The molecule has 2 aromatic rings. The van der Waals surface area contributed by atoms with Gasteiger partial charge in [-0.25, -0.2) is 8.78 Å². The third-order valence-corrected chi connectivity index (χ3v) is 3.21. The number of nitrogens with zero attached hydrogens (tertiary/aromatic N) is 1. The average Bonchev–Trinajstić information content (AvgIpc) is 2.43. The lowest BCUT2D eigenvalue weighted by Gasteiger charge is -2.07. The Hall–Kier alpha value is -2.35. The quantitative estimate of drug-likeness (QED) is 0.669. The molecule has 0 radical (unpaired) electrons. The highest BCUT2D eigenvalue weighted by atomic mass is 79.9. The van der Waals surface area contributed by atoms with E-state index in [2.05, 4.69) is 21.2 Å². The number of nitrogens with one attached hydrogen (secondary N) is 1. The van der Waals surface area contributed by atoms with Gasteiger partial charge in [-0.15, -0.1) is 0 Å². The Kier molecular flexibility index (Phi) is 4.27. The second kappa shape index (κ2) is 5.96. The number of nitro groups is 1. The van der Waals surface area contributed by atoms with Crippen LogP contribution in [0.3, 0.4) is 0 Å². The molecule has 2 aromatic carbocycles. The van der Waals surface area contributed by atoms with Crippen molar-refractivity contribution in [2.24, 2.45) is 0 Å². The first kappa shape index (κ1) is 15.0. The maximum absolute atomic E-state index is 13.8. The molecule has 0 aliphatic heterocycles. The van der Waals surface area contributed by atoms with Crippen LogP contribution in [0.5, 0.6) is 0 Å². The number of nitro benzene ring substituents is 1. The standard InChI is InChI=1S/C13H7BrF2N2O3/c14-9-3-1-2-8(12(9)16)13(19)17-10-5-4-7(15)6-11(10)18(20)21/h1-6H,(H,17,19). The number of halogens is 3. The van der Waals surface area contributed by atoms with Gasteiger partial charge in [0.2, 0.25) is 0 Å². The summed E-state index contributed by atoms with van der Waals surface area (Å²) < 4.78 is 26.9. The fourth-order valence-corrected chi connectivity index (χ4v) is 2.00. The minimum atomic E-state index is -0.872. The van der Waals surface area contributed by atoms with Gasteiger partial charge in [0.05, 0.1) is 21.0 Å². The van der Waals surface area contributed by atoms with E-state index in [1.807, 2.05) is 0 Å². The Balaban J connectivity index is 2.36. The molecule has 0 saturated heterocycles. The maximum atomic E-state index is 13.8. The van der Waals surface area contributed by atoms with Crippen LogP contribution in [0, 0.1) is 21.7 Å². The normalized spacial score (nSPS) is 10.2. The second-order valence-electron chi connectivity index (χ2n) is 3.97. The second-order valence-corrected chi connectivity index (χ2v) is 4.83. The highest BCUT2D eigenvalue weighted by molar-refractivity contribution is 9.10. The zero-order valence-electron chi connectivity index (χ0n) is 10.3. The summed E-state index contributed by atoms with van der Waals surface area (Å²) in [4.78, 5) is 21.9. The van der Waals surface area contributed by atoms with E-state index in [0.717, 1.165) is 12.1 Å². The van der Waals surface area contributed by atoms with Gasteiger partial charge in [0.1, 0.15) is 17.3 Å². The Bertz CT molecular complexity index is 737. The predicted octanol–water partition coefficient (Wildman–Crippen LogP) is 3.89. The molecule has 21 heavy (non-hydrogen) atoms. The maximum Gasteiger partial charge on any atom is 0.295 e. The molecule has 1 amide bonds. The lowest BCUT2D eigenvalue weighted by molar-refractivity contribution is -0.384. The number of rotatable bonds is 3. The molecule has 8 heteroatoms. The summed E-state index contributed by atoms with van der Waals surface area (Å²) in [5, 5.41) is 13.0. The summed E-state index contributed by atoms with van der Waals surface area (Å²) in [6, 6.07) is 6.76. The molecule has 1 N–H and O–H groups in total. The van der Waals surface area contributed by atoms with Crippen molar-refractivity contribution in [1.82, 2.24) is 0 Å². The number of benzene rings is 2. The van der Waals surface area contributed by atoms with E-state index >= 15 is 0 Å². The van der Waals surface area contributed by atoms with Gasteiger partial charge in [-0.2, -0.15) is 0 Å². The number of amides is 1. The van der Waals surface area contributed by atoms with Crippen LogP contribution >= 0.6 is 15.9 Å². The molecular weight excluding hydrogens is 350 g/mol. The van der Waals surface area contributed by atoms with E-state index in [4.69, 9.17) is 0 Å². The molecule has 0 unspecified atom stereocenters. The van der Waals surface area contributed by atoms with E-state index in [1.54, 1.807) is 0 Å². The molecule has 0 bridgehead atoms. The molecule has 108 valence electrons. The smallest absolute Gasteiger partial charge is 0.295 e. The van der Waals surface area contributed by atoms with Crippen LogP contribution < -0.4 is 5.32 Å². The number of carbonyl (C=O) groups excluding carboxylic acids is 1. The first-order valence-corrected chi connectivity index (χ1v) is 6.38. The molecule has 2 rings (SSSR count). The van der Waals surface area contributed by atoms with Gasteiger partial charge in [0.25, 0.3) is 11.6 Å². The summed E-state index contributed by atoms with van der Waals surface area (Å²) in [6.45, 7) is 0. The minimum absolute atomic E-state index is 0.0868. The lowest BCUT2D eigenvalue weighted by Crippen LogP contribution is -2.15. The number of carbonyl (C=O) groups is 1. The summed E-state index contributed by atoms with van der Waals surface area (Å²) in [5.74, 6) is -2.48. The van der Waals surface area contributed by atoms with Crippen molar-refractivity contribution < 1.29 is 18.5 Å². The van der Waals surface area contributed by atoms with Crippen LogP contribution in [0.2, 0.25) is 0 Å². The molecule has 0 aliphatic rings. The van der Waals surface area contributed by atoms with Gasteiger partial charge in [-0.1, -0.05) is 6.07 Å². The lowest BCUT2D eigenvalue weighted by atomic mass is 10.2. The molecule has 0 atom stereocenters. The molecule has 5 nitrogen and oxygen atoms in total. The van der Waals surface area contributed by atoms with E-state index in [0.29, 0.717) is 6.07 Å².